The third-order valence-electron chi connectivity index (χ3n) is 6.96. The van der Waals surface area contributed by atoms with Crippen LogP contribution < -0.4 is 9.64 Å². The van der Waals surface area contributed by atoms with Crippen LogP contribution in [0.2, 0.25) is 5.15 Å². The lowest BCUT2D eigenvalue weighted by atomic mass is 9.98. The second kappa shape index (κ2) is 11.8. The largest absolute Gasteiger partial charge is 0.474 e. The molecule has 0 radical (unpaired) electrons. The topological polar surface area (TPSA) is 111 Å². The minimum atomic E-state index is -0.534. The molecule has 5 rings (SSSR count). The molecule has 0 spiro atoms. The van der Waals surface area contributed by atoms with Crippen LogP contribution in [0.4, 0.5) is 10.6 Å². The highest BCUT2D eigenvalue weighted by Gasteiger charge is 2.35. The monoisotopic (exact) mass is 564 g/mol. The van der Waals surface area contributed by atoms with E-state index < -0.39 is 5.60 Å². The normalized spacial score (nSPS) is 18.2. The number of nitrogens with zero attached hydrogens (tertiary/aromatic N) is 6. The number of ether oxygens (including phenoxy) is 2. The number of hydrogen-bond donors (Lipinski definition) is 0. The Morgan fingerprint density at radius 2 is 1.75 bits per heavy atom. The van der Waals surface area contributed by atoms with Gasteiger partial charge >= 0.3 is 6.09 Å². The minimum Gasteiger partial charge on any atom is -0.474 e. The van der Waals surface area contributed by atoms with Crippen molar-refractivity contribution in [2.75, 3.05) is 24.5 Å². The number of aromatic nitrogens is 4. The highest BCUT2D eigenvalue weighted by molar-refractivity contribution is 6.29. The molecule has 2 aliphatic heterocycles. The highest BCUT2D eigenvalue weighted by atomic mass is 35.5. The molecule has 1 unspecified atom stereocenters. The third-order valence-corrected chi connectivity index (χ3v) is 7.17. The molecular weight excluding hydrogens is 532 g/mol. The van der Waals surface area contributed by atoms with Gasteiger partial charge in [0.15, 0.2) is 5.82 Å². The molecular formula is C29H33ClN6O4. The zero-order chi connectivity index (χ0) is 28.3. The first-order chi connectivity index (χ1) is 19.2. The van der Waals surface area contributed by atoms with Crippen molar-refractivity contribution in [3.63, 3.8) is 0 Å². The van der Waals surface area contributed by atoms with E-state index in [-0.39, 0.29) is 24.0 Å². The molecule has 0 aromatic carbocycles. The van der Waals surface area contributed by atoms with Gasteiger partial charge in [0.2, 0.25) is 11.8 Å². The number of halogens is 1. The summed E-state index contributed by atoms with van der Waals surface area (Å²) in [7, 11) is 0. The van der Waals surface area contributed by atoms with Crippen LogP contribution in [-0.2, 0) is 16.0 Å². The van der Waals surface area contributed by atoms with Gasteiger partial charge in [0.1, 0.15) is 16.9 Å². The van der Waals surface area contributed by atoms with Gasteiger partial charge in [0.25, 0.3) is 0 Å². The number of anilines is 1. The predicted octanol–water partition coefficient (Wildman–Crippen LogP) is 4.96. The molecule has 1 atom stereocenters. The second-order valence-corrected chi connectivity index (χ2v) is 11.5. The van der Waals surface area contributed by atoms with Gasteiger partial charge < -0.3 is 14.4 Å². The summed E-state index contributed by atoms with van der Waals surface area (Å²) in [5, 5.41) is 8.96. The van der Waals surface area contributed by atoms with E-state index in [2.05, 4.69) is 20.2 Å². The van der Waals surface area contributed by atoms with Crippen molar-refractivity contribution in [1.82, 2.24) is 25.1 Å². The van der Waals surface area contributed by atoms with E-state index in [4.69, 9.17) is 21.1 Å². The van der Waals surface area contributed by atoms with Crippen molar-refractivity contribution in [2.45, 2.75) is 58.2 Å². The van der Waals surface area contributed by atoms with Crippen LogP contribution in [0.15, 0.2) is 48.8 Å². The molecule has 40 heavy (non-hydrogen) atoms. The van der Waals surface area contributed by atoms with E-state index in [9.17, 15) is 9.59 Å². The first-order valence-corrected chi connectivity index (χ1v) is 13.9. The summed E-state index contributed by atoms with van der Waals surface area (Å²) in [6, 6.07) is 11.0. The summed E-state index contributed by atoms with van der Waals surface area (Å²) in [6.07, 6.45) is 5.44. The van der Waals surface area contributed by atoms with E-state index in [0.717, 1.165) is 16.8 Å². The number of pyridine rings is 2. The van der Waals surface area contributed by atoms with Gasteiger partial charge in [-0.1, -0.05) is 17.7 Å². The van der Waals surface area contributed by atoms with Gasteiger partial charge in [-0.3, -0.25) is 14.7 Å². The van der Waals surface area contributed by atoms with Gasteiger partial charge in [-0.2, -0.15) is 0 Å². The van der Waals surface area contributed by atoms with Crippen molar-refractivity contribution < 1.29 is 19.1 Å². The molecule has 5 heterocycles. The van der Waals surface area contributed by atoms with E-state index in [0.29, 0.717) is 62.2 Å². The van der Waals surface area contributed by atoms with E-state index in [1.54, 1.807) is 28.3 Å². The number of amides is 2. The molecule has 3 aromatic rings. The molecule has 0 bridgehead atoms. The Hall–Kier alpha value is -3.79. The number of rotatable bonds is 6. The molecule has 2 saturated heterocycles. The molecule has 10 nitrogen and oxygen atoms in total. The second-order valence-electron chi connectivity index (χ2n) is 11.1. The smallest absolute Gasteiger partial charge is 0.410 e. The van der Waals surface area contributed by atoms with Crippen LogP contribution in [0.1, 0.15) is 45.6 Å². The number of hydrogen-bond acceptors (Lipinski definition) is 8. The maximum Gasteiger partial charge on any atom is 0.410 e. The van der Waals surface area contributed by atoms with E-state index in [1.165, 1.54) is 0 Å². The predicted molar refractivity (Wildman–Crippen MR) is 150 cm³/mol. The number of carbonyl (C=O) groups is 2. The van der Waals surface area contributed by atoms with Crippen molar-refractivity contribution >= 4 is 29.4 Å². The van der Waals surface area contributed by atoms with Crippen molar-refractivity contribution in [1.29, 1.82) is 0 Å². The van der Waals surface area contributed by atoms with E-state index in [1.807, 2.05) is 51.1 Å². The van der Waals surface area contributed by atoms with Gasteiger partial charge in [-0.05, 0) is 63.9 Å². The Kier molecular flexibility index (Phi) is 8.16. The molecule has 2 amide bonds. The zero-order valence-electron chi connectivity index (χ0n) is 22.9. The van der Waals surface area contributed by atoms with Gasteiger partial charge in [0.05, 0.1) is 5.69 Å². The Morgan fingerprint density at radius 1 is 1.00 bits per heavy atom. The van der Waals surface area contributed by atoms with Crippen LogP contribution >= 0.6 is 11.6 Å². The number of piperidine rings is 1. The van der Waals surface area contributed by atoms with Crippen LogP contribution in [0.25, 0.3) is 11.3 Å². The fourth-order valence-electron chi connectivity index (χ4n) is 4.91. The number of carbonyl (C=O) groups excluding carboxylic acids is 2. The first kappa shape index (κ1) is 27.8. The Labute approximate surface area is 238 Å². The number of likely N-dealkylation sites (tertiary alicyclic amines) is 1. The van der Waals surface area contributed by atoms with Gasteiger partial charge in [-0.25, -0.2) is 9.78 Å². The standard InChI is InChI=1S/C29H33ClN6O4/c1-29(2,3)40-28(38)35-15-11-22(12-16-35)39-26-20(4-6-24(30)32-26)18-21-10-17-36(27(21)37)25-7-5-23(33-34-25)19-8-13-31-14-9-19/h4-9,13-14,21-22H,10-12,15-18H2,1-3H3. The first-order valence-electron chi connectivity index (χ1n) is 13.5. The molecule has 2 fully saturated rings. The highest BCUT2D eigenvalue weighted by Crippen LogP contribution is 2.31. The summed E-state index contributed by atoms with van der Waals surface area (Å²) < 4.78 is 11.8. The van der Waals surface area contributed by atoms with Crippen molar-refractivity contribution in [3.8, 4) is 17.1 Å². The Bertz CT molecular complexity index is 1340. The molecule has 0 saturated carbocycles. The van der Waals surface area contributed by atoms with Crippen LogP contribution in [0, 0.1) is 5.92 Å². The van der Waals surface area contributed by atoms with E-state index >= 15 is 0 Å². The lowest BCUT2D eigenvalue weighted by Crippen LogP contribution is -2.44. The van der Waals surface area contributed by atoms with Crippen molar-refractivity contribution in [2.24, 2.45) is 5.92 Å². The lowest BCUT2D eigenvalue weighted by molar-refractivity contribution is -0.120. The fraction of sp³-hybridized carbons (Fsp3) is 0.448. The summed E-state index contributed by atoms with van der Waals surface area (Å²) >= 11 is 6.21. The lowest BCUT2D eigenvalue weighted by Gasteiger charge is -2.33. The molecule has 0 N–H and O–H groups in total. The average molecular weight is 565 g/mol. The summed E-state index contributed by atoms with van der Waals surface area (Å²) in [6.45, 7) is 7.20. The molecule has 3 aromatic heterocycles. The Morgan fingerprint density at radius 3 is 2.42 bits per heavy atom. The maximum atomic E-state index is 13.3. The van der Waals surface area contributed by atoms with Gasteiger partial charge in [0, 0.05) is 61.9 Å². The fourth-order valence-corrected chi connectivity index (χ4v) is 5.05. The molecule has 210 valence electrons. The summed E-state index contributed by atoms with van der Waals surface area (Å²) in [5.41, 5.74) is 1.93. The maximum absolute atomic E-state index is 13.3. The SMILES string of the molecule is CC(C)(C)OC(=O)N1CCC(Oc2nc(Cl)ccc2CC2CCN(c3ccc(-c4ccncc4)nn3)C2=O)CC1. The average Bonchev–Trinajstić information content (AvgIpc) is 3.30. The van der Waals surface area contributed by atoms with Gasteiger partial charge in [-0.15, -0.1) is 10.2 Å². The molecule has 0 aliphatic carbocycles. The third kappa shape index (κ3) is 6.67. The Balaban J connectivity index is 1.21. The molecule has 2 aliphatic rings. The quantitative estimate of drug-likeness (QED) is 0.386. The summed E-state index contributed by atoms with van der Waals surface area (Å²) in [5.74, 6) is 0.738. The molecule has 11 heteroatoms. The summed E-state index contributed by atoms with van der Waals surface area (Å²) in [4.78, 5) is 37.6. The van der Waals surface area contributed by atoms with Crippen molar-refractivity contribution in [3.05, 3.63) is 59.5 Å². The van der Waals surface area contributed by atoms with Crippen LogP contribution in [0.5, 0.6) is 5.88 Å². The minimum absolute atomic E-state index is 0.00229. The zero-order valence-corrected chi connectivity index (χ0v) is 23.7. The van der Waals surface area contributed by atoms with Crippen LogP contribution in [0.3, 0.4) is 0 Å². The van der Waals surface area contributed by atoms with Crippen LogP contribution in [-0.4, -0.2) is 68.4 Å².